The Hall–Kier alpha value is -0.840. The molecule has 90 valence electrons. The van der Waals surface area contributed by atoms with Crippen LogP contribution in [0.1, 0.15) is 24.4 Å². The van der Waals surface area contributed by atoms with Gasteiger partial charge in [-0.1, -0.05) is 27.5 Å². The Morgan fingerprint density at radius 1 is 1.53 bits per heavy atom. The zero-order valence-corrected chi connectivity index (χ0v) is 11.7. The summed E-state index contributed by atoms with van der Waals surface area (Å²) in [5.41, 5.74) is 1.14. The molecule has 0 spiro atoms. The highest BCUT2D eigenvalue weighted by atomic mass is 79.9. The van der Waals surface area contributed by atoms with Gasteiger partial charge in [0.25, 0.3) is 0 Å². The van der Waals surface area contributed by atoms with Crippen molar-refractivity contribution in [1.29, 1.82) is 0 Å². The summed E-state index contributed by atoms with van der Waals surface area (Å²) in [7, 11) is 0. The first-order valence-electron chi connectivity index (χ1n) is 5.33. The van der Waals surface area contributed by atoms with Crippen molar-refractivity contribution in [3.05, 3.63) is 51.5 Å². The lowest BCUT2D eigenvalue weighted by molar-refractivity contribution is 0.550. The van der Waals surface area contributed by atoms with E-state index in [9.17, 15) is 0 Å². The number of aromatic amines is 1. The van der Waals surface area contributed by atoms with E-state index in [0.717, 1.165) is 27.4 Å². The van der Waals surface area contributed by atoms with Crippen LogP contribution in [0.3, 0.4) is 0 Å². The van der Waals surface area contributed by atoms with Crippen LogP contribution in [-0.2, 0) is 6.54 Å². The number of rotatable bonds is 4. The van der Waals surface area contributed by atoms with E-state index in [1.165, 1.54) is 0 Å². The van der Waals surface area contributed by atoms with Crippen LogP contribution in [0.25, 0.3) is 0 Å². The number of imidazole rings is 1. The Bertz CT molecular complexity index is 485. The smallest absolute Gasteiger partial charge is 0.122 e. The summed E-state index contributed by atoms with van der Waals surface area (Å²) < 4.78 is 1.06. The zero-order chi connectivity index (χ0) is 12.3. The molecule has 0 amide bonds. The van der Waals surface area contributed by atoms with Crippen molar-refractivity contribution in [3.63, 3.8) is 0 Å². The number of nitrogens with one attached hydrogen (secondary N) is 2. The minimum Gasteiger partial charge on any atom is -0.347 e. The van der Waals surface area contributed by atoms with E-state index < -0.39 is 0 Å². The van der Waals surface area contributed by atoms with Crippen LogP contribution in [-0.4, -0.2) is 9.97 Å². The predicted molar refractivity (Wildman–Crippen MR) is 73.0 cm³/mol. The van der Waals surface area contributed by atoms with E-state index in [1.807, 2.05) is 24.4 Å². The van der Waals surface area contributed by atoms with Crippen molar-refractivity contribution >= 4 is 27.5 Å². The molecule has 3 nitrogen and oxygen atoms in total. The monoisotopic (exact) mass is 313 g/mol. The van der Waals surface area contributed by atoms with Gasteiger partial charge in [-0.05, 0) is 30.7 Å². The van der Waals surface area contributed by atoms with Gasteiger partial charge < -0.3 is 10.3 Å². The highest BCUT2D eigenvalue weighted by molar-refractivity contribution is 9.10. The molecule has 2 rings (SSSR count). The van der Waals surface area contributed by atoms with Crippen molar-refractivity contribution in [2.75, 3.05) is 0 Å². The SMILES string of the molecule is CC(NCc1cc(Cl)ccc1Br)c1ncc[nH]1. The second-order valence-corrected chi connectivity index (χ2v) is 5.10. The fourth-order valence-corrected chi connectivity index (χ4v) is 2.13. The Kier molecular flexibility index (Phi) is 4.20. The standard InChI is InChI=1S/C12H13BrClN3/c1-8(12-15-4-5-16-12)17-7-9-6-10(14)2-3-11(9)13/h2-6,8,17H,7H2,1H3,(H,15,16). The van der Waals surface area contributed by atoms with Gasteiger partial charge in [-0.3, -0.25) is 0 Å². The van der Waals surface area contributed by atoms with Gasteiger partial charge in [0, 0.05) is 28.4 Å². The number of halogens is 2. The van der Waals surface area contributed by atoms with Gasteiger partial charge in [0.1, 0.15) is 5.82 Å². The maximum atomic E-state index is 5.96. The molecular formula is C12H13BrClN3. The van der Waals surface area contributed by atoms with Gasteiger partial charge in [0.05, 0.1) is 6.04 Å². The Morgan fingerprint density at radius 3 is 3.06 bits per heavy atom. The Morgan fingerprint density at radius 2 is 2.35 bits per heavy atom. The maximum Gasteiger partial charge on any atom is 0.122 e. The Labute approximate surface area is 114 Å². The first-order valence-corrected chi connectivity index (χ1v) is 6.50. The lowest BCUT2D eigenvalue weighted by Crippen LogP contribution is -2.19. The molecule has 5 heteroatoms. The number of H-pyrrole nitrogens is 1. The summed E-state index contributed by atoms with van der Waals surface area (Å²) >= 11 is 9.47. The number of benzene rings is 1. The van der Waals surface area contributed by atoms with E-state index in [1.54, 1.807) is 6.20 Å². The van der Waals surface area contributed by atoms with Gasteiger partial charge >= 0.3 is 0 Å². The molecule has 1 unspecified atom stereocenters. The summed E-state index contributed by atoms with van der Waals surface area (Å²) in [4.78, 5) is 7.30. The van der Waals surface area contributed by atoms with Crippen molar-refractivity contribution < 1.29 is 0 Å². The summed E-state index contributed by atoms with van der Waals surface area (Å²) in [5.74, 6) is 0.933. The van der Waals surface area contributed by atoms with E-state index in [0.29, 0.717) is 0 Å². The van der Waals surface area contributed by atoms with Crippen LogP contribution in [0.5, 0.6) is 0 Å². The minimum atomic E-state index is 0.177. The summed E-state index contributed by atoms with van der Waals surface area (Å²) in [6, 6.07) is 5.95. The van der Waals surface area contributed by atoms with E-state index >= 15 is 0 Å². The zero-order valence-electron chi connectivity index (χ0n) is 9.37. The fraction of sp³-hybridized carbons (Fsp3) is 0.250. The van der Waals surface area contributed by atoms with Gasteiger partial charge in [0.15, 0.2) is 0 Å². The molecule has 0 saturated carbocycles. The van der Waals surface area contributed by atoms with Crippen molar-refractivity contribution in [2.45, 2.75) is 19.5 Å². The molecule has 0 fully saturated rings. The van der Waals surface area contributed by atoms with Gasteiger partial charge in [-0.2, -0.15) is 0 Å². The summed E-state index contributed by atoms with van der Waals surface area (Å²) in [6.45, 7) is 2.81. The van der Waals surface area contributed by atoms with E-state index in [-0.39, 0.29) is 6.04 Å². The van der Waals surface area contributed by atoms with Crippen molar-refractivity contribution in [3.8, 4) is 0 Å². The van der Waals surface area contributed by atoms with Crippen LogP contribution in [0.4, 0.5) is 0 Å². The number of hydrogen-bond donors (Lipinski definition) is 2. The minimum absolute atomic E-state index is 0.177. The first kappa shape index (κ1) is 12.6. The molecule has 1 aromatic carbocycles. The van der Waals surface area contributed by atoms with Crippen LogP contribution < -0.4 is 5.32 Å². The van der Waals surface area contributed by atoms with Gasteiger partial charge in [-0.25, -0.2) is 4.98 Å². The van der Waals surface area contributed by atoms with Crippen LogP contribution in [0.15, 0.2) is 35.1 Å². The average Bonchev–Trinajstić information content (AvgIpc) is 2.83. The Balaban J connectivity index is 2.00. The molecule has 0 saturated heterocycles. The summed E-state index contributed by atoms with van der Waals surface area (Å²) in [5, 5.41) is 4.13. The number of aromatic nitrogens is 2. The van der Waals surface area contributed by atoms with Crippen molar-refractivity contribution in [1.82, 2.24) is 15.3 Å². The normalized spacial score (nSPS) is 12.6. The molecule has 1 heterocycles. The largest absolute Gasteiger partial charge is 0.347 e. The second kappa shape index (κ2) is 5.67. The molecule has 1 aromatic heterocycles. The van der Waals surface area contributed by atoms with Crippen LogP contribution in [0, 0.1) is 0 Å². The second-order valence-electron chi connectivity index (χ2n) is 3.81. The number of nitrogens with zero attached hydrogens (tertiary/aromatic N) is 1. The highest BCUT2D eigenvalue weighted by Gasteiger charge is 2.08. The predicted octanol–water partition coefficient (Wildman–Crippen LogP) is 3.68. The molecule has 0 aliphatic rings. The van der Waals surface area contributed by atoms with E-state index in [4.69, 9.17) is 11.6 Å². The maximum absolute atomic E-state index is 5.96. The first-order chi connectivity index (χ1) is 8.16. The third-order valence-corrected chi connectivity index (χ3v) is 3.54. The molecular weight excluding hydrogens is 302 g/mol. The topological polar surface area (TPSA) is 40.7 Å². The lowest BCUT2D eigenvalue weighted by Gasteiger charge is -2.12. The highest BCUT2D eigenvalue weighted by Crippen LogP contribution is 2.21. The van der Waals surface area contributed by atoms with Gasteiger partial charge in [0.2, 0.25) is 0 Å². The molecule has 0 radical (unpaired) electrons. The third kappa shape index (κ3) is 3.31. The fourth-order valence-electron chi connectivity index (χ4n) is 1.55. The molecule has 17 heavy (non-hydrogen) atoms. The molecule has 1 atom stereocenters. The van der Waals surface area contributed by atoms with E-state index in [2.05, 4.69) is 38.1 Å². The van der Waals surface area contributed by atoms with Crippen molar-refractivity contribution in [2.24, 2.45) is 0 Å². The average molecular weight is 315 g/mol. The number of hydrogen-bond acceptors (Lipinski definition) is 2. The lowest BCUT2D eigenvalue weighted by atomic mass is 10.2. The summed E-state index contributed by atoms with van der Waals surface area (Å²) in [6.07, 6.45) is 3.58. The van der Waals surface area contributed by atoms with Gasteiger partial charge in [-0.15, -0.1) is 0 Å². The molecule has 0 bridgehead atoms. The molecule has 2 aromatic rings. The molecule has 2 N–H and O–H groups in total. The third-order valence-electron chi connectivity index (χ3n) is 2.54. The van der Waals surface area contributed by atoms with Crippen LogP contribution >= 0.6 is 27.5 Å². The quantitative estimate of drug-likeness (QED) is 0.904. The molecule has 0 aliphatic carbocycles. The van der Waals surface area contributed by atoms with Crippen LogP contribution in [0.2, 0.25) is 5.02 Å². The molecule has 0 aliphatic heterocycles.